The predicted octanol–water partition coefficient (Wildman–Crippen LogP) is 2.98. The molecule has 4 rings (SSSR count). The molecule has 0 saturated carbocycles. The van der Waals surface area contributed by atoms with Crippen LogP contribution in [0.4, 0.5) is 11.4 Å². The van der Waals surface area contributed by atoms with Crippen LogP contribution in [-0.2, 0) is 22.4 Å². The molecular weight excluding hydrogens is 326 g/mol. The summed E-state index contributed by atoms with van der Waals surface area (Å²) in [5, 5.41) is 0. The minimum Gasteiger partial charge on any atom is -0.312 e. The van der Waals surface area contributed by atoms with Gasteiger partial charge in [-0.05, 0) is 49.1 Å². The number of rotatable bonds is 3. The van der Waals surface area contributed by atoms with Gasteiger partial charge in [0.1, 0.15) is 0 Å². The summed E-state index contributed by atoms with van der Waals surface area (Å²) >= 11 is 0. The molecule has 1 aromatic carbocycles. The molecule has 1 unspecified atom stereocenters. The average Bonchev–Trinajstić information content (AvgIpc) is 3.08. The summed E-state index contributed by atoms with van der Waals surface area (Å²) in [5.41, 5.74) is 4.00. The number of pyridine rings is 1. The average molecular weight is 349 g/mol. The molecule has 1 atom stereocenters. The Kier molecular flexibility index (Phi) is 4.45. The molecular formula is C21H23N3O2. The van der Waals surface area contributed by atoms with Crippen molar-refractivity contribution in [3.8, 4) is 0 Å². The second-order valence-corrected chi connectivity index (χ2v) is 6.99. The molecule has 1 saturated heterocycles. The first-order valence-corrected chi connectivity index (χ1v) is 9.32. The molecule has 2 amide bonds. The van der Waals surface area contributed by atoms with Crippen LogP contribution in [0.5, 0.6) is 0 Å². The highest BCUT2D eigenvalue weighted by molar-refractivity contribution is 6.04. The SMILES string of the molecule is CCc1ccc(N2CC(C(=O)N3CCCc4ncccc43)CC2=O)cc1. The van der Waals surface area contributed by atoms with E-state index in [4.69, 9.17) is 0 Å². The number of nitrogens with zero attached hydrogens (tertiary/aromatic N) is 3. The first kappa shape index (κ1) is 16.8. The molecule has 5 nitrogen and oxygen atoms in total. The van der Waals surface area contributed by atoms with Crippen LogP contribution in [0.15, 0.2) is 42.6 Å². The van der Waals surface area contributed by atoms with Gasteiger partial charge in [0.2, 0.25) is 11.8 Å². The standard InChI is InChI=1S/C21H23N3O2/c1-2-15-7-9-17(10-8-15)24-14-16(13-20(24)25)21(26)23-12-4-5-18-19(23)6-3-11-22-18/h3,6-11,16H,2,4-5,12-14H2,1H3. The fourth-order valence-corrected chi connectivity index (χ4v) is 3.88. The van der Waals surface area contributed by atoms with Crippen molar-refractivity contribution in [3.63, 3.8) is 0 Å². The molecule has 2 aliphatic heterocycles. The summed E-state index contributed by atoms with van der Waals surface area (Å²) in [6.07, 6.45) is 4.84. The smallest absolute Gasteiger partial charge is 0.232 e. The number of aromatic nitrogens is 1. The van der Waals surface area contributed by atoms with Crippen molar-refractivity contribution in [1.29, 1.82) is 0 Å². The molecule has 26 heavy (non-hydrogen) atoms. The van der Waals surface area contributed by atoms with E-state index in [0.29, 0.717) is 13.1 Å². The van der Waals surface area contributed by atoms with Crippen molar-refractivity contribution in [1.82, 2.24) is 4.98 Å². The summed E-state index contributed by atoms with van der Waals surface area (Å²) in [4.78, 5) is 33.6. The van der Waals surface area contributed by atoms with E-state index >= 15 is 0 Å². The molecule has 1 fully saturated rings. The van der Waals surface area contributed by atoms with E-state index in [2.05, 4.69) is 11.9 Å². The third kappa shape index (κ3) is 2.98. The van der Waals surface area contributed by atoms with Gasteiger partial charge in [-0.1, -0.05) is 19.1 Å². The van der Waals surface area contributed by atoms with Gasteiger partial charge >= 0.3 is 0 Å². The van der Waals surface area contributed by atoms with E-state index in [0.717, 1.165) is 36.3 Å². The normalized spacial score (nSPS) is 19.6. The van der Waals surface area contributed by atoms with Gasteiger partial charge in [0.25, 0.3) is 0 Å². The molecule has 2 aliphatic rings. The number of carbonyl (C=O) groups excluding carboxylic acids is 2. The lowest BCUT2D eigenvalue weighted by atomic mass is 10.0. The molecule has 0 N–H and O–H groups in total. The van der Waals surface area contributed by atoms with E-state index in [1.165, 1.54) is 5.56 Å². The van der Waals surface area contributed by atoms with Gasteiger partial charge in [0, 0.05) is 31.4 Å². The van der Waals surface area contributed by atoms with Crippen molar-refractivity contribution in [2.75, 3.05) is 22.9 Å². The number of hydrogen-bond donors (Lipinski definition) is 0. The van der Waals surface area contributed by atoms with Crippen LogP contribution < -0.4 is 9.80 Å². The highest BCUT2D eigenvalue weighted by Crippen LogP contribution is 2.31. The first-order valence-electron chi connectivity index (χ1n) is 9.32. The number of benzene rings is 1. The molecule has 3 heterocycles. The van der Waals surface area contributed by atoms with E-state index in [-0.39, 0.29) is 24.2 Å². The number of hydrogen-bond acceptors (Lipinski definition) is 3. The third-order valence-electron chi connectivity index (χ3n) is 5.35. The third-order valence-corrected chi connectivity index (χ3v) is 5.35. The van der Waals surface area contributed by atoms with Crippen LogP contribution in [0.1, 0.15) is 31.0 Å². The summed E-state index contributed by atoms with van der Waals surface area (Å²) < 4.78 is 0. The van der Waals surface area contributed by atoms with Crippen molar-refractivity contribution in [2.45, 2.75) is 32.6 Å². The summed E-state index contributed by atoms with van der Waals surface area (Å²) in [7, 11) is 0. The fourth-order valence-electron chi connectivity index (χ4n) is 3.88. The Labute approximate surface area is 153 Å². The lowest BCUT2D eigenvalue weighted by Gasteiger charge is -2.30. The lowest BCUT2D eigenvalue weighted by molar-refractivity contribution is -0.124. The van der Waals surface area contributed by atoms with Crippen LogP contribution in [0.25, 0.3) is 0 Å². The van der Waals surface area contributed by atoms with Gasteiger partial charge in [0.15, 0.2) is 0 Å². The van der Waals surface area contributed by atoms with Crippen molar-refractivity contribution >= 4 is 23.2 Å². The summed E-state index contributed by atoms with van der Waals surface area (Å²) in [6.45, 7) is 3.26. The minimum absolute atomic E-state index is 0.0241. The summed E-state index contributed by atoms with van der Waals surface area (Å²) in [5.74, 6) is -0.226. The van der Waals surface area contributed by atoms with Gasteiger partial charge in [-0.3, -0.25) is 14.6 Å². The predicted molar refractivity (Wildman–Crippen MR) is 101 cm³/mol. The first-order chi connectivity index (χ1) is 12.7. The molecule has 1 aromatic heterocycles. The number of aryl methyl sites for hydroxylation is 2. The molecule has 2 aromatic rings. The molecule has 0 aliphatic carbocycles. The Hall–Kier alpha value is -2.69. The molecule has 0 spiro atoms. The number of anilines is 2. The van der Waals surface area contributed by atoms with Gasteiger partial charge in [-0.2, -0.15) is 0 Å². The second-order valence-electron chi connectivity index (χ2n) is 6.99. The fraction of sp³-hybridized carbons (Fsp3) is 0.381. The van der Waals surface area contributed by atoms with Crippen LogP contribution in [0, 0.1) is 5.92 Å². The zero-order chi connectivity index (χ0) is 18.1. The Morgan fingerprint density at radius 3 is 2.81 bits per heavy atom. The zero-order valence-corrected chi connectivity index (χ0v) is 15.0. The Morgan fingerprint density at radius 1 is 1.23 bits per heavy atom. The van der Waals surface area contributed by atoms with Gasteiger partial charge in [0.05, 0.1) is 17.3 Å². The van der Waals surface area contributed by atoms with E-state index in [9.17, 15) is 9.59 Å². The number of amides is 2. The van der Waals surface area contributed by atoms with Gasteiger partial charge in [-0.15, -0.1) is 0 Å². The van der Waals surface area contributed by atoms with E-state index in [1.54, 1.807) is 11.1 Å². The topological polar surface area (TPSA) is 53.5 Å². The monoisotopic (exact) mass is 349 g/mol. The van der Waals surface area contributed by atoms with Crippen molar-refractivity contribution in [3.05, 3.63) is 53.9 Å². The highest BCUT2D eigenvalue weighted by Gasteiger charge is 2.38. The van der Waals surface area contributed by atoms with Crippen LogP contribution in [-0.4, -0.2) is 29.9 Å². The van der Waals surface area contributed by atoms with Crippen LogP contribution >= 0.6 is 0 Å². The van der Waals surface area contributed by atoms with Crippen LogP contribution in [0.3, 0.4) is 0 Å². The Morgan fingerprint density at radius 2 is 2.04 bits per heavy atom. The maximum absolute atomic E-state index is 13.1. The maximum atomic E-state index is 13.1. The van der Waals surface area contributed by atoms with Crippen LogP contribution in [0.2, 0.25) is 0 Å². The molecule has 0 radical (unpaired) electrons. The number of fused-ring (bicyclic) bond motifs is 1. The summed E-state index contributed by atoms with van der Waals surface area (Å²) in [6, 6.07) is 11.9. The molecule has 5 heteroatoms. The van der Waals surface area contributed by atoms with Crippen molar-refractivity contribution in [2.24, 2.45) is 5.92 Å². The highest BCUT2D eigenvalue weighted by atomic mass is 16.2. The Bertz CT molecular complexity index is 831. The maximum Gasteiger partial charge on any atom is 0.232 e. The Balaban J connectivity index is 1.52. The van der Waals surface area contributed by atoms with E-state index in [1.807, 2.05) is 41.3 Å². The second kappa shape index (κ2) is 6.90. The molecule has 0 bridgehead atoms. The quantitative estimate of drug-likeness (QED) is 0.856. The zero-order valence-electron chi connectivity index (χ0n) is 15.0. The van der Waals surface area contributed by atoms with Crippen molar-refractivity contribution < 1.29 is 9.59 Å². The van der Waals surface area contributed by atoms with E-state index < -0.39 is 0 Å². The lowest BCUT2D eigenvalue weighted by Crippen LogP contribution is -2.40. The molecule has 134 valence electrons. The largest absolute Gasteiger partial charge is 0.312 e. The van der Waals surface area contributed by atoms with Gasteiger partial charge < -0.3 is 9.80 Å². The minimum atomic E-state index is -0.292. The number of carbonyl (C=O) groups is 2. The van der Waals surface area contributed by atoms with Gasteiger partial charge in [-0.25, -0.2) is 0 Å².